The molecule has 5 nitrogen and oxygen atoms in total. The maximum atomic E-state index is 13.1. The summed E-state index contributed by atoms with van der Waals surface area (Å²) in [5, 5.41) is 2.74. The summed E-state index contributed by atoms with van der Waals surface area (Å²) in [5.74, 6) is -0.293. The molecule has 2 amide bonds. The van der Waals surface area contributed by atoms with Gasteiger partial charge >= 0.3 is 6.18 Å². The van der Waals surface area contributed by atoms with Crippen molar-refractivity contribution in [3.63, 3.8) is 0 Å². The van der Waals surface area contributed by atoms with E-state index in [2.05, 4.69) is 5.32 Å². The fraction of sp³-hybridized carbons (Fsp3) is 0.333. The first kappa shape index (κ1) is 20.9. The van der Waals surface area contributed by atoms with Crippen LogP contribution in [0, 0.1) is 0 Å². The van der Waals surface area contributed by atoms with Crippen LogP contribution in [0.5, 0.6) is 0 Å². The van der Waals surface area contributed by atoms with Crippen molar-refractivity contribution in [1.82, 2.24) is 4.90 Å². The molecule has 3 rings (SSSR count). The summed E-state index contributed by atoms with van der Waals surface area (Å²) in [4.78, 5) is 27.4. The molecule has 2 aromatic carbocycles. The minimum atomic E-state index is -4.44. The molecule has 0 aliphatic carbocycles. The predicted octanol–water partition coefficient (Wildman–Crippen LogP) is 3.90. The van der Waals surface area contributed by atoms with E-state index < -0.39 is 11.7 Å². The Kier molecular flexibility index (Phi) is 6.22. The molecule has 0 bridgehead atoms. The molecule has 0 atom stereocenters. The highest BCUT2D eigenvalue weighted by Gasteiger charge is 2.33. The summed E-state index contributed by atoms with van der Waals surface area (Å²) in [5.41, 5.74) is 0.675. The molecule has 0 unspecified atom stereocenters. The van der Waals surface area contributed by atoms with Gasteiger partial charge in [-0.25, -0.2) is 0 Å². The molecule has 0 aromatic heterocycles. The Balaban J connectivity index is 1.61. The van der Waals surface area contributed by atoms with Crippen LogP contribution < -0.4 is 10.2 Å². The van der Waals surface area contributed by atoms with Crippen molar-refractivity contribution in [2.45, 2.75) is 25.6 Å². The van der Waals surface area contributed by atoms with E-state index in [0.29, 0.717) is 18.7 Å². The molecule has 1 fully saturated rings. The second-order valence-electron chi connectivity index (χ2n) is 7.07. The zero-order valence-electron chi connectivity index (χ0n) is 16.0. The van der Waals surface area contributed by atoms with Crippen LogP contribution >= 0.6 is 0 Å². The standard InChI is InChI=1S/C21H22F3N3O2/c1-26(13-15-6-2-3-9-18(15)21(22,23)24)14-19(28)25-16-7-4-8-17(12-16)27-11-5-10-20(27)29/h2-4,6-9,12H,5,10-11,13-14H2,1H3,(H,25,28). The maximum Gasteiger partial charge on any atom is 0.416 e. The monoisotopic (exact) mass is 405 g/mol. The molecule has 1 aliphatic rings. The fourth-order valence-corrected chi connectivity index (χ4v) is 3.40. The molecular formula is C21H22F3N3O2. The van der Waals surface area contributed by atoms with Gasteiger partial charge in [0.25, 0.3) is 0 Å². The van der Waals surface area contributed by atoms with Crippen LogP contribution in [0.15, 0.2) is 48.5 Å². The van der Waals surface area contributed by atoms with Crippen LogP contribution in [-0.4, -0.2) is 36.9 Å². The van der Waals surface area contributed by atoms with Crippen LogP contribution in [0.2, 0.25) is 0 Å². The SMILES string of the molecule is CN(CC(=O)Nc1cccc(N2CCCC2=O)c1)Cc1ccccc1C(F)(F)F. The highest BCUT2D eigenvalue weighted by Crippen LogP contribution is 2.32. The zero-order valence-corrected chi connectivity index (χ0v) is 16.0. The first-order valence-corrected chi connectivity index (χ1v) is 9.28. The first-order chi connectivity index (χ1) is 13.7. The third-order valence-electron chi connectivity index (χ3n) is 4.69. The number of carbonyl (C=O) groups is 2. The van der Waals surface area contributed by atoms with Crippen LogP contribution in [0.4, 0.5) is 24.5 Å². The average molecular weight is 405 g/mol. The summed E-state index contributed by atoms with van der Waals surface area (Å²) in [6.45, 7) is 0.571. The van der Waals surface area contributed by atoms with Crippen molar-refractivity contribution in [3.05, 3.63) is 59.7 Å². The summed E-state index contributed by atoms with van der Waals surface area (Å²) in [6, 6.07) is 12.3. The number of nitrogens with one attached hydrogen (secondary N) is 1. The number of carbonyl (C=O) groups excluding carboxylic acids is 2. The highest BCUT2D eigenvalue weighted by atomic mass is 19.4. The van der Waals surface area contributed by atoms with Gasteiger partial charge in [-0.05, 0) is 43.3 Å². The summed E-state index contributed by atoms with van der Waals surface area (Å²) >= 11 is 0. The molecule has 1 saturated heterocycles. The molecule has 0 radical (unpaired) electrons. The second kappa shape index (κ2) is 8.65. The Morgan fingerprint density at radius 2 is 1.93 bits per heavy atom. The van der Waals surface area contributed by atoms with E-state index in [-0.39, 0.29) is 30.5 Å². The Bertz CT molecular complexity index is 899. The number of halogens is 3. The van der Waals surface area contributed by atoms with Crippen molar-refractivity contribution >= 4 is 23.2 Å². The Labute approximate surface area is 167 Å². The van der Waals surface area contributed by atoms with Crippen LogP contribution in [-0.2, 0) is 22.3 Å². The molecule has 0 spiro atoms. The minimum absolute atomic E-state index is 0.00851. The van der Waals surface area contributed by atoms with Crippen LogP contribution in [0.25, 0.3) is 0 Å². The Morgan fingerprint density at radius 3 is 2.62 bits per heavy atom. The number of anilines is 2. The van der Waals surface area contributed by atoms with Gasteiger partial charge in [0, 0.05) is 30.9 Å². The summed E-state index contributed by atoms with van der Waals surface area (Å²) in [7, 11) is 1.59. The van der Waals surface area contributed by atoms with Crippen LogP contribution in [0.3, 0.4) is 0 Å². The van der Waals surface area contributed by atoms with Crippen molar-refractivity contribution in [2.75, 3.05) is 30.4 Å². The van der Waals surface area contributed by atoms with E-state index in [1.165, 1.54) is 17.0 Å². The lowest BCUT2D eigenvalue weighted by Gasteiger charge is -2.20. The lowest BCUT2D eigenvalue weighted by molar-refractivity contribution is -0.138. The van der Waals surface area contributed by atoms with Gasteiger partial charge in [0.1, 0.15) is 0 Å². The number of alkyl halides is 3. The predicted molar refractivity (Wildman–Crippen MR) is 104 cm³/mol. The van der Waals surface area contributed by atoms with E-state index in [1.807, 2.05) is 0 Å². The van der Waals surface area contributed by atoms with E-state index in [1.54, 1.807) is 42.3 Å². The number of hydrogen-bond acceptors (Lipinski definition) is 3. The van der Waals surface area contributed by atoms with Gasteiger partial charge in [0.05, 0.1) is 12.1 Å². The lowest BCUT2D eigenvalue weighted by Crippen LogP contribution is -2.30. The minimum Gasteiger partial charge on any atom is -0.325 e. The lowest BCUT2D eigenvalue weighted by atomic mass is 10.1. The van der Waals surface area contributed by atoms with Crippen molar-refractivity contribution in [2.24, 2.45) is 0 Å². The number of benzene rings is 2. The van der Waals surface area contributed by atoms with Gasteiger partial charge in [0.2, 0.25) is 11.8 Å². The van der Waals surface area contributed by atoms with Gasteiger partial charge in [-0.2, -0.15) is 13.2 Å². The number of nitrogens with zero attached hydrogens (tertiary/aromatic N) is 2. The topological polar surface area (TPSA) is 52.7 Å². The third-order valence-corrected chi connectivity index (χ3v) is 4.69. The fourth-order valence-electron chi connectivity index (χ4n) is 3.40. The van der Waals surface area contributed by atoms with Crippen molar-refractivity contribution < 1.29 is 22.8 Å². The highest BCUT2D eigenvalue weighted by molar-refractivity contribution is 5.97. The normalized spacial score (nSPS) is 14.5. The third kappa shape index (κ3) is 5.35. The van der Waals surface area contributed by atoms with Gasteiger partial charge in [-0.1, -0.05) is 24.3 Å². The van der Waals surface area contributed by atoms with Gasteiger partial charge < -0.3 is 10.2 Å². The van der Waals surface area contributed by atoms with Crippen LogP contribution in [0.1, 0.15) is 24.0 Å². The molecule has 2 aromatic rings. The first-order valence-electron chi connectivity index (χ1n) is 9.28. The molecule has 0 saturated carbocycles. The molecule has 1 aliphatic heterocycles. The smallest absolute Gasteiger partial charge is 0.325 e. The van der Waals surface area contributed by atoms with Gasteiger partial charge in [0.15, 0.2) is 0 Å². The molecule has 8 heteroatoms. The van der Waals surface area contributed by atoms with Crippen molar-refractivity contribution in [3.8, 4) is 0 Å². The van der Waals surface area contributed by atoms with E-state index in [9.17, 15) is 22.8 Å². The number of hydrogen-bond donors (Lipinski definition) is 1. The largest absolute Gasteiger partial charge is 0.416 e. The average Bonchev–Trinajstić information content (AvgIpc) is 3.07. The van der Waals surface area contributed by atoms with E-state index in [0.717, 1.165) is 18.2 Å². The summed E-state index contributed by atoms with van der Waals surface area (Å²) < 4.78 is 39.3. The number of rotatable bonds is 6. The molecule has 29 heavy (non-hydrogen) atoms. The second-order valence-corrected chi connectivity index (χ2v) is 7.07. The molecular weight excluding hydrogens is 383 g/mol. The number of likely N-dealkylation sites (N-methyl/N-ethyl adjacent to an activating group) is 1. The molecule has 1 N–H and O–H groups in total. The van der Waals surface area contributed by atoms with Gasteiger partial charge in [-0.15, -0.1) is 0 Å². The number of amides is 2. The summed E-state index contributed by atoms with van der Waals surface area (Å²) in [6.07, 6.45) is -3.12. The molecule has 1 heterocycles. The zero-order chi connectivity index (χ0) is 21.0. The molecule has 154 valence electrons. The quantitative estimate of drug-likeness (QED) is 0.793. The van der Waals surface area contributed by atoms with E-state index in [4.69, 9.17) is 0 Å². The van der Waals surface area contributed by atoms with Gasteiger partial charge in [-0.3, -0.25) is 14.5 Å². The Morgan fingerprint density at radius 1 is 1.17 bits per heavy atom. The van der Waals surface area contributed by atoms with Crippen molar-refractivity contribution in [1.29, 1.82) is 0 Å². The van der Waals surface area contributed by atoms with E-state index >= 15 is 0 Å². The Hall–Kier alpha value is -2.87. The maximum absolute atomic E-state index is 13.1.